The van der Waals surface area contributed by atoms with Crippen molar-refractivity contribution in [2.45, 2.75) is 58.0 Å². The lowest BCUT2D eigenvalue weighted by Crippen LogP contribution is -2.31. The number of aryl methyl sites for hydroxylation is 3. The number of nitrogens with one attached hydrogen (secondary N) is 1. The number of carbonyl (C=O) groups is 2. The molecule has 0 bridgehead atoms. The molecule has 1 aromatic carbocycles. The molecule has 2 heterocycles. The Bertz CT molecular complexity index is 1260. The van der Waals surface area contributed by atoms with Crippen LogP contribution in [-0.2, 0) is 35.2 Å². The molecule has 1 unspecified atom stereocenters. The molecule has 5 nitrogen and oxygen atoms in total. The molecule has 0 fully saturated rings. The van der Waals surface area contributed by atoms with Gasteiger partial charge in [-0.05, 0) is 73.3 Å². The van der Waals surface area contributed by atoms with E-state index in [4.69, 9.17) is 4.74 Å². The number of anilines is 1. The number of nitrogens with zero attached hydrogens (tertiary/aromatic N) is 1. The van der Waals surface area contributed by atoms with Crippen LogP contribution in [0.1, 0.15) is 63.0 Å². The third kappa shape index (κ3) is 4.09. The molecule has 1 N–H and O–H groups in total. The molecule has 168 valence electrons. The van der Waals surface area contributed by atoms with Gasteiger partial charge in [-0.2, -0.15) is 5.26 Å². The minimum Gasteiger partial charge on any atom is -0.448 e. The molecule has 0 spiro atoms. The maximum Gasteiger partial charge on any atom is 0.349 e. The van der Waals surface area contributed by atoms with Crippen LogP contribution in [-0.4, -0.2) is 18.0 Å². The Labute approximate surface area is 201 Å². The van der Waals surface area contributed by atoms with Gasteiger partial charge in [0.05, 0.1) is 5.56 Å². The monoisotopic (exact) mass is 476 g/mol. The molecule has 0 radical (unpaired) electrons. The number of carbonyl (C=O) groups excluding carboxylic acids is 2. The third-order valence-corrected chi connectivity index (χ3v) is 8.77. The van der Waals surface area contributed by atoms with E-state index in [0.29, 0.717) is 21.9 Å². The maximum atomic E-state index is 13.0. The first kappa shape index (κ1) is 21.9. The van der Waals surface area contributed by atoms with Gasteiger partial charge in [-0.3, -0.25) is 4.79 Å². The number of amides is 1. The number of hydrogen-bond acceptors (Lipinski definition) is 6. The number of hydrogen-bond donors (Lipinski definition) is 1. The van der Waals surface area contributed by atoms with Gasteiger partial charge in [-0.15, -0.1) is 22.7 Å². The molecule has 2 aliphatic carbocycles. The van der Waals surface area contributed by atoms with Crippen LogP contribution in [0.15, 0.2) is 30.3 Å². The quantitative estimate of drug-likeness (QED) is 0.465. The average molecular weight is 477 g/mol. The molecule has 5 rings (SSSR count). The van der Waals surface area contributed by atoms with Gasteiger partial charge in [-0.1, -0.05) is 31.2 Å². The summed E-state index contributed by atoms with van der Waals surface area (Å²) in [5, 5.41) is 13.2. The first-order valence-corrected chi connectivity index (χ1v) is 13.0. The number of thiophene rings is 2. The van der Waals surface area contributed by atoms with Crippen molar-refractivity contribution < 1.29 is 14.3 Å². The highest BCUT2D eigenvalue weighted by Gasteiger charge is 2.29. The van der Waals surface area contributed by atoms with E-state index < -0.39 is 18.0 Å². The number of fused-ring (bicyclic) bond motifs is 4. The first-order chi connectivity index (χ1) is 16.1. The lowest BCUT2D eigenvalue weighted by Gasteiger charge is -2.15. The minimum absolute atomic E-state index is 0.360. The van der Waals surface area contributed by atoms with Gasteiger partial charge in [0.2, 0.25) is 0 Å². The summed E-state index contributed by atoms with van der Waals surface area (Å²) in [6, 6.07) is 12.4. The maximum absolute atomic E-state index is 13.0. The molecular weight excluding hydrogens is 452 g/mol. The van der Waals surface area contributed by atoms with Crippen LogP contribution in [0, 0.1) is 11.3 Å². The largest absolute Gasteiger partial charge is 0.448 e. The summed E-state index contributed by atoms with van der Waals surface area (Å²) in [4.78, 5) is 28.7. The number of rotatable bonds is 5. The van der Waals surface area contributed by atoms with E-state index in [9.17, 15) is 14.9 Å². The Morgan fingerprint density at radius 3 is 2.73 bits per heavy atom. The number of ether oxygens (including phenoxy) is 1. The average Bonchev–Trinajstić information content (AvgIpc) is 3.43. The van der Waals surface area contributed by atoms with Crippen LogP contribution in [0.4, 0.5) is 5.00 Å². The summed E-state index contributed by atoms with van der Waals surface area (Å²) in [7, 11) is 0. The normalized spacial score (nSPS) is 14.9. The zero-order valence-corrected chi connectivity index (χ0v) is 20.0. The zero-order chi connectivity index (χ0) is 22.9. The lowest BCUT2D eigenvalue weighted by molar-refractivity contribution is -0.124. The van der Waals surface area contributed by atoms with E-state index in [0.717, 1.165) is 54.5 Å². The lowest BCUT2D eigenvalue weighted by atomic mass is 9.90. The van der Waals surface area contributed by atoms with Gasteiger partial charge < -0.3 is 10.1 Å². The first-order valence-electron chi connectivity index (χ1n) is 11.4. The Morgan fingerprint density at radius 1 is 1.12 bits per heavy atom. The van der Waals surface area contributed by atoms with E-state index in [1.165, 1.54) is 38.7 Å². The van der Waals surface area contributed by atoms with E-state index >= 15 is 0 Å². The summed E-state index contributed by atoms with van der Waals surface area (Å²) in [6.07, 6.45) is 5.41. The minimum atomic E-state index is -0.908. The van der Waals surface area contributed by atoms with Crippen molar-refractivity contribution in [3.8, 4) is 16.5 Å². The number of nitriles is 1. The van der Waals surface area contributed by atoms with E-state index in [-0.39, 0.29) is 0 Å². The molecule has 3 aromatic rings. The van der Waals surface area contributed by atoms with Gasteiger partial charge in [-0.25, -0.2) is 4.79 Å². The third-order valence-electron chi connectivity index (χ3n) is 6.37. The Morgan fingerprint density at radius 2 is 1.94 bits per heavy atom. The summed E-state index contributed by atoms with van der Waals surface area (Å²) in [6.45, 7) is 1.82. The molecule has 0 saturated heterocycles. The molecule has 33 heavy (non-hydrogen) atoms. The fourth-order valence-electron chi connectivity index (χ4n) is 4.64. The molecule has 2 aliphatic rings. The molecule has 0 aliphatic heterocycles. The fourth-order valence-corrected chi connectivity index (χ4v) is 7.04. The number of esters is 1. The van der Waals surface area contributed by atoms with E-state index in [2.05, 4.69) is 23.5 Å². The van der Waals surface area contributed by atoms with Gasteiger partial charge in [0.25, 0.3) is 5.91 Å². The number of benzene rings is 1. The zero-order valence-electron chi connectivity index (χ0n) is 18.4. The Balaban J connectivity index is 1.34. The smallest absolute Gasteiger partial charge is 0.349 e. The van der Waals surface area contributed by atoms with Crippen LogP contribution in [0.25, 0.3) is 10.4 Å². The van der Waals surface area contributed by atoms with Crippen molar-refractivity contribution in [2.24, 2.45) is 0 Å². The van der Waals surface area contributed by atoms with E-state index in [1.807, 2.05) is 25.1 Å². The molecular formula is C26H24N2O3S2. The highest BCUT2D eigenvalue weighted by atomic mass is 32.1. The highest BCUT2D eigenvalue weighted by Crippen LogP contribution is 2.44. The van der Waals surface area contributed by atoms with Crippen LogP contribution in [0.3, 0.4) is 0 Å². The summed E-state index contributed by atoms with van der Waals surface area (Å²) in [5.41, 5.74) is 5.13. The van der Waals surface area contributed by atoms with Crippen molar-refractivity contribution in [1.29, 1.82) is 5.26 Å². The highest BCUT2D eigenvalue weighted by molar-refractivity contribution is 7.20. The second-order valence-corrected chi connectivity index (χ2v) is 10.6. The fraction of sp³-hybridized carbons (Fsp3) is 0.346. The Kier molecular flexibility index (Phi) is 6.05. The van der Waals surface area contributed by atoms with Crippen molar-refractivity contribution in [3.63, 3.8) is 0 Å². The molecule has 1 atom stereocenters. The van der Waals surface area contributed by atoms with Crippen LogP contribution in [0.2, 0.25) is 0 Å². The van der Waals surface area contributed by atoms with Gasteiger partial charge in [0, 0.05) is 9.75 Å². The van der Waals surface area contributed by atoms with Crippen molar-refractivity contribution >= 4 is 39.6 Å². The summed E-state index contributed by atoms with van der Waals surface area (Å²) >= 11 is 2.91. The summed E-state index contributed by atoms with van der Waals surface area (Å²) < 4.78 is 5.61. The van der Waals surface area contributed by atoms with Crippen LogP contribution >= 0.6 is 22.7 Å². The topological polar surface area (TPSA) is 79.2 Å². The SMILES string of the molecule is CCC(OC(=O)c1cc2c(s1)CCCC2)C(=O)Nc1sc2c(c1C#N)CCc1ccccc1-2. The van der Waals surface area contributed by atoms with Gasteiger partial charge in [0.1, 0.15) is 15.9 Å². The van der Waals surface area contributed by atoms with Crippen LogP contribution < -0.4 is 5.32 Å². The van der Waals surface area contributed by atoms with E-state index in [1.54, 1.807) is 0 Å². The van der Waals surface area contributed by atoms with Crippen molar-refractivity contribution in [3.05, 3.63) is 62.3 Å². The van der Waals surface area contributed by atoms with Gasteiger partial charge >= 0.3 is 5.97 Å². The predicted octanol–water partition coefficient (Wildman–Crippen LogP) is 5.90. The standard InChI is InChI=1S/C26H24N2O3S2/c1-2-20(31-26(30)22-13-16-8-4-6-10-21(16)32-22)24(29)28-25-19(14-27)18-12-11-15-7-3-5-9-17(15)23(18)33-25/h3,5,7,9,13,20H,2,4,6,8,10-12H2,1H3,(H,28,29). The van der Waals surface area contributed by atoms with Crippen LogP contribution in [0.5, 0.6) is 0 Å². The van der Waals surface area contributed by atoms with Gasteiger partial charge in [0.15, 0.2) is 6.10 Å². The summed E-state index contributed by atoms with van der Waals surface area (Å²) in [5.74, 6) is -0.841. The predicted molar refractivity (Wildman–Crippen MR) is 131 cm³/mol. The van der Waals surface area contributed by atoms with Crippen molar-refractivity contribution in [1.82, 2.24) is 0 Å². The molecule has 1 amide bonds. The second kappa shape index (κ2) is 9.12. The molecule has 0 saturated carbocycles. The molecule has 7 heteroatoms. The van der Waals surface area contributed by atoms with Crippen molar-refractivity contribution in [2.75, 3.05) is 5.32 Å². The Hall–Kier alpha value is -2.95. The molecule has 2 aromatic heterocycles. The second-order valence-electron chi connectivity index (χ2n) is 8.44.